The van der Waals surface area contributed by atoms with Crippen LogP contribution in [0.5, 0.6) is 5.75 Å². The molecule has 1 heterocycles. The largest absolute Gasteiger partial charge is 0.497 e. The number of rotatable bonds is 3. The van der Waals surface area contributed by atoms with E-state index in [0.29, 0.717) is 0 Å². The third-order valence-corrected chi connectivity index (χ3v) is 5.64. The molecule has 0 radical (unpaired) electrons. The van der Waals surface area contributed by atoms with Crippen molar-refractivity contribution in [2.75, 3.05) is 7.11 Å². The second-order valence-electron chi connectivity index (χ2n) is 7.24. The third kappa shape index (κ3) is 2.91. The predicted octanol–water partition coefficient (Wildman–Crippen LogP) is 6.21. The Balaban J connectivity index is 1.66. The van der Waals surface area contributed by atoms with Crippen LogP contribution in [0.3, 0.4) is 0 Å². The van der Waals surface area contributed by atoms with E-state index < -0.39 is 0 Å². The van der Waals surface area contributed by atoms with Crippen molar-refractivity contribution in [2.24, 2.45) is 0 Å². The van der Waals surface area contributed by atoms with E-state index in [1.807, 2.05) is 12.1 Å². The van der Waals surface area contributed by atoms with Crippen LogP contribution < -0.4 is 4.74 Å². The molecule has 3 aromatic rings. The lowest BCUT2D eigenvalue weighted by Crippen LogP contribution is -2.19. The molecule has 3 aromatic carbocycles. The SMILES string of the molecule is COc1ccc(C2=CC(c3ccccc3)=C3CCc4ccccc4C3O2)cc1. The molecule has 2 heteroatoms. The van der Waals surface area contributed by atoms with Gasteiger partial charge in [-0.1, -0.05) is 54.6 Å². The van der Waals surface area contributed by atoms with Crippen molar-refractivity contribution in [3.05, 3.63) is 113 Å². The second kappa shape index (κ2) is 7.05. The Morgan fingerprint density at radius 1 is 0.786 bits per heavy atom. The standard InChI is InChI=1S/C26H22O2/c1-27-21-14-11-20(12-15-21)25-17-24(18-7-3-2-4-8-18)23-16-13-19-9-5-6-10-22(19)26(23)28-25/h2-12,14-15,17,26H,13,16H2,1H3. The fraction of sp³-hybridized carbons (Fsp3) is 0.154. The maximum Gasteiger partial charge on any atom is 0.146 e. The highest BCUT2D eigenvalue weighted by atomic mass is 16.5. The van der Waals surface area contributed by atoms with Crippen molar-refractivity contribution in [1.29, 1.82) is 0 Å². The summed E-state index contributed by atoms with van der Waals surface area (Å²) in [6, 6.07) is 27.4. The van der Waals surface area contributed by atoms with Gasteiger partial charge in [0.1, 0.15) is 17.6 Å². The quantitative estimate of drug-likeness (QED) is 0.549. The number of benzene rings is 3. The van der Waals surface area contributed by atoms with Crippen molar-refractivity contribution in [3.8, 4) is 5.75 Å². The molecule has 28 heavy (non-hydrogen) atoms. The topological polar surface area (TPSA) is 18.5 Å². The van der Waals surface area contributed by atoms with Crippen LogP contribution in [0, 0.1) is 0 Å². The highest BCUT2D eigenvalue weighted by Crippen LogP contribution is 2.47. The molecule has 0 aromatic heterocycles. The summed E-state index contributed by atoms with van der Waals surface area (Å²) in [6.07, 6.45) is 4.27. The van der Waals surface area contributed by atoms with Gasteiger partial charge < -0.3 is 9.47 Å². The minimum Gasteiger partial charge on any atom is -0.497 e. The minimum absolute atomic E-state index is 0.0257. The van der Waals surface area contributed by atoms with Gasteiger partial charge in [0.05, 0.1) is 7.11 Å². The van der Waals surface area contributed by atoms with Crippen molar-refractivity contribution >= 4 is 11.3 Å². The molecular weight excluding hydrogens is 344 g/mol. The lowest BCUT2D eigenvalue weighted by Gasteiger charge is -2.35. The van der Waals surface area contributed by atoms with Crippen LogP contribution in [0.4, 0.5) is 0 Å². The fourth-order valence-corrected chi connectivity index (χ4v) is 4.19. The van der Waals surface area contributed by atoms with Gasteiger partial charge in [-0.3, -0.25) is 0 Å². The van der Waals surface area contributed by atoms with Gasteiger partial charge in [0.2, 0.25) is 0 Å². The molecule has 1 atom stereocenters. The van der Waals surface area contributed by atoms with Crippen molar-refractivity contribution in [3.63, 3.8) is 0 Å². The number of hydrogen-bond acceptors (Lipinski definition) is 2. The van der Waals surface area contributed by atoms with Crippen LogP contribution in [0.15, 0.2) is 90.5 Å². The monoisotopic (exact) mass is 366 g/mol. The van der Waals surface area contributed by atoms with Gasteiger partial charge in [0, 0.05) is 5.56 Å². The normalized spacial score (nSPS) is 17.9. The van der Waals surface area contributed by atoms with E-state index in [1.165, 1.54) is 27.8 Å². The van der Waals surface area contributed by atoms with Crippen LogP contribution in [0.1, 0.15) is 34.8 Å². The first kappa shape index (κ1) is 16.9. The lowest BCUT2D eigenvalue weighted by atomic mass is 9.80. The number of fused-ring (bicyclic) bond motifs is 3. The average Bonchev–Trinajstić information content (AvgIpc) is 2.79. The summed E-state index contributed by atoms with van der Waals surface area (Å²) >= 11 is 0. The molecule has 0 amide bonds. The Morgan fingerprint density at radius 2 is 1.54 bits per heavy atom. The van der Waals surface area contributed by atoms with Gasteiger partial charge in [-0.25, -0.2) is 0 Å². The summed E-state index contributed by atoms with van der Waals surface area (Å²) in [5.41, 5.74) is 7.66. The van der Waals surface area contributed by atoms with Crippen molar-refractivity contribution < 1.29 is 9.47 Å². The first-order valence-corrected chi connectivity index (χ1v) is 9.72. The van der Waals surface area contributed by atoms with Crippen LogP contribution >= 0.6 is 0 Å². The number of allylic oxidation sites excluding steroid dienone is 2. The molecule has 0 bridgehead atoms. The first-order valence-electron chi connectivity index (χ1n) is 9.72. The number of hydrogen-bond donors (Lipinski definition) is 0. The average molecular weight is 366 g/mol. The Hall–Kier alpha value is -3.26. The Bertz CT molecular complexity index is 1060. The van der Waals surface area contributed by atoms with Gasteiger partial charge in [-0.05, 0) is 71.0 Å². The van der Waals surface area contributed by atoms with Crippen molar-refractivity contribution in [2.45, 2.75) is 18.9 Å². The Kier molecular flexibility index (Phi) is 4.25. The second-order valence-corrected chi connectivity index (χ2v) is 7.24. The third-order valence-electron chi connectivity index (χ3n) is 5.64. The molecule has 0 saturated heterocycles. The van der Waals surface area contributed by atoms with E-state index in [0.717, 1.165) is 29.9 Å². The van der Waals surface area contributed by atoms with E-state index in [9.17, 15) is 0 Å². The molecule has 1 aliphatic heterocycles. The maximum atomic E-state index is 6.59. The van der Waals surface area contributed by atoms with Gasteiger partial charge in [-0.15, -0.1) is 0 Å². The smallest absolute Gasteiger partial charge is 0.146 e. The molecule has 138 valence electrons. The number of methoxy groups -OCH3 is 1. The van der Waals surface area contributed by atoms with Crippen LogP contribution in [-0.2, 0) is 11.2 Å². The van der Waals surface area contributed by atoms with Gasteiger partial charge in [-0.2, -0.15) is 0 Å². The summed E-state index contributed by atoms with van der Waals surface area (Å²) in [4.78, 5) is 0. The highest BCUT2D eigenvalue weighted by molar-refractivity contribution is 5.86. The Morgan fingerprint density at radius 3 is 2.32 bits per heavy atom. The summed E-state index contributed by atoms with van der Waals surface area (Å²) in [5.74, 6) is 1.76. The molecule has 0 saturated carbocycles. The van der Waals surface area contributed by atoms with Crippen molar-refractivity contribution in [1.82, 2.24) is 0 Å². The molecule has 0 spiro atoms. The van der Waals surface area contributed by atoms with Gasteiger partial charge in [0.25, 0.3) is 0 Å². The van der Waals surface area contributed by atoms with Crippen LogP contribution in [-0.4, -0.2) is 7.11 Å². The summed E-state index contributed by atoms with van der Waals surface area (Å²) < 4.78 is 11.9. The zero-order valence-corrected chi connectivity index (χ0v) is 15.9. The molecule has 0 fully saturated rings. The van der Waals surface area contributed by atoms with E-state index >= 15 is 0 Å². The molecule has 0 N–H and O–H groups in total. The molecule has 5 rings (SSSR count). The summed E-state index contributed by atoms with van der Waals surface area (Å²) in [7, 11) is 1.69. The van der Waals surface area contributed by atoms with E-state index in [1.54, 1.807) is 7.11 Å². The van der Waals surface area contributed by atoms with Crippen LogP contribution in [0.25, 0.3) is 11.3 Å². The Labute approximate surface area is 165 Å². The lowest BCUT2D eigenvalue weighted by molar-refractivity contribution is 0.191. The van der Waals surface area contributed by atoms with E-state index in [-0.39, 0.29) is 6.10 Å². The molecule has 2 nitrogen and oxygen atoms in total. The minimum atomic E-state index is -0.0257. The summed E-state index contributed by atoms with van der Waals surface area (Å²) in [6.45, 7) is 0. The van der Waals surface area contributed by atoms with Gasteiger partial charge in [0.15, 0.2) is 0 Å². The van der Waals surface area contributed by atoms with E-state index in [4.69, 9.17) is 9.47 Å². The van der Waals surface area contributed by atoms with Gasteiger partial charge >= 0.3 is 0 Å². The van der Waals surface area contributed by atoms with E-state index in [2.05, 4.69) is 72.8 Å². The number of ether oxygens (including phenoxy) is 2. The number of aryl methyl sites for hydroxylation is 1. The predicted molar refractivity (Wildman–Crippen MR) is 113 cm³/mol. The molecular formula is C26H22O2. The summed E-state index contributed by atoms with van der Waals surface area (Å²) in [5, 5.41) is 0. The molecule has 1 aliphatic carbocycles. The zero-order valence-electron chi connectivity index (χ0n) is 15.9. The fourth-order valence-electron chi connectivity index (χ4n) is 4.19. The maximum absolute atomic E-state index is 6.59. The molecule has 1 unspecified atom stereocenters. The highest BCUT2D eigenvalue weighted by Gasteiger charge is 2.32. The zero-order chi connectivity index (χ0) is 18.9. The molecule has 2 aliphatic rings. The first-order chi connectivity index (χ1) is 13.8. The van der Waals surface area contributed by atoms with Crippen LogP contribution in [0.2, 0.25) is 0 Å².